The largest absolute Gasteiger partial charge is 0.497 e. The van der Waals surface area contributed by atoms with Crippen LogP contribution in [0.1, 0.15) is 40.3 Å². The number of ether oxygens (including phenoxy) is 1. The molecule has 0 bridgehead atoms. The average molecular weight is 376 g/mol. The molecular formula is C22H24N4O2. The van der Waals surface area contributed by atoms with Gasteiger partial charge >= 0.3 is 0 Å². The first kappa shape index (κ1) is 19.4. The standard InChI is InChI=1S/C22H24N4O2/c1-14-12-15(2)24-22(23-14)26-19-7-5-6-18(13-19)21(27)25-16(3)17-8-10-20(28-4)11-9-17/h5-13,16H,1-4H3,(H,25,27)(H,23,24,26)/t16-/m1/s1. The first-order chi connectivity index (χ1) is 13.4. The van der Waals surface area contributed by atoms with E-state index in [4.69, 9.17) is 4.74 Å². The number of aryl methyl sites for hydroxylation is 2. The molecule has 0 unspecified atom stereocenters. The van der Waals surface area contributed by atoms with Crippen LogP contribution >= 0.6 is 0 Å². The Labute approximate surface area is 165 Å². The first-order valence-electron chi connectivity index (χ1n) is 9.09. The summed E-state index contributed by atoms with van der Waals surface area (Å²) in [6, 6.07) is 16.7. The Morgan fingerprint density at radius 1 is 1.00 bits per heavy atom. The highest BCUT2D eigenvalue weighted by atomic mass is 16.5. The third-order valence-electron chi connectivity index (χ3n) is 4.33. The predicted molar refractivity (Wildman–Crippen MR) is 110 cm³/mol. The van der Waals surface area contributed by atoms with E-state index in [1.807, 2.05) is 63.2 Å². The highest BCUT2D eigenvalue weighted by Crippen LogP contribution is 2.19. The molecule has 0 saturated heterocycles. The molecule has 3 aromatic rings. The summed E-state index contributed by atoms with van der Waals surface area (Å²) in [7, 11) is 1.63. The van der Waals surface area contributed by atoms with Gasteiger partial charge in [0.1, 0.15) is 5.75 Å². The summed E-state index contributed by atoms with van der Waals surface area (Å²) < 4.78 is 5.17. The molecule has 6 nitrogen and oxygen atoms in total. The summed E-state index contributed by atoms with van der Waals surface area (Å²) in [6.07, 6.45) is 0. The summed E-state index contributed by atoms with van der Waals surface area (Å²) in [4.78, 5) is 21.4. The third-order valence-corrected chi connectivity index (χ3v) is 4.33. The Hall–Kier alpha value is -3.41. The van der Waals surface area contributed by atoms with E-state index in [1.165, 1.54) is 0 Å². The number of methoxy groups -OCH3 is 1. The van der Waals surface area contributed by atoms with Crippen LogP contribution in [0.3, 0.4) is 0 Å². The minimum atomic E-state index is -0.145. The van der Waals surface area contributed by atoms with Gasteiger partial charge in [-0.25, -0.2) is 9.97 Å². The number of nitrogens with zero attached hydrogens (tertiary/aromatic N) is 2. The van der Waals surface area contributed by atoms with Gasteiger partial charge in [-0.2, -0.15) is 0 Å². The van der Waals surface area contributed by atoms with E-state index >= 15 is 0 Å². The van der Waals surface area contributed by atoms with Gasteiger partial charge in [0.25, 0.3) is 5.91 Å². The van der Waals surface area contributed by atoms with Gasteiger partial charge in [0.2, 0.25) is 5.95 Å². The Balaban J connectivity index is 1.70. The van der Waals surface area contributed by atoms with Crippen LogP contribution in [0.4, 0.5) is 11.6 Å². The Morgan fingerprint density at radius 3 is 2.32 bits per heavy atom. The fraction of sp³-hybridized carbons (Fsp3) is 0.227. The van der Waals surface area contributed by atoms with Crippen LogP contribution < -0.4 is 15.4 Å². The quantitative estimate of drug-likeness (QED) is 0.669. The summed E-state index contributed by atoms with van der Waals surface area (Å²) in [5, 5.41) is 6.18. The minimum Gasteiger partial charge on any atom is -0.497 e. The molecule has 0 spiro atoms. The van der Waals surface area contributed by atoms with Gasteiger partial charge in [0.15, 0.2) is 0 Å². The van der Waals surface area contributed by atoms with E-state index in [0.29, 0.717) is 11.5 Å². The van der Waals surface area contributed by atoms with E-state index in [1.54, 1.807) is 19.2 Å². The van der Waals surface area contributed by atoms with Gasteiger partial charge in [0.05, 0.1) is 13.2 Å². The lowest BCUT2D eigenvalue weighted by molar-refractivity contribution is 0.0940. The molecule has 2 aromatic carbocycles. The lowest BCUT2D eigenvalue weighted by Gasteiger charge is -2.15. The monoisotopic (exact) mass is 376 g/mol. The summed E-state index contributed by atoms with van der Waals surface area (Å²) in [5.41, 5.74) is 4.10. The predicted octanol–water partition coefficient (Wildman–Crippen LogP) is 4.34. The molecule has 0 saturated carbocycles. The second kappa shape index (κ2) is 8.52. The van der Waals surface area contributed by atoms with E-state index in [2.05, 4.69) is 20.6 Å². The number of hydrogen-bond donors (Lipinski definition) is 2. The van der Waals surface area contributed by atoms with Crippen molar-refractivity contribution in [3.63, 3.8) is 0 Å². The number of anilines is 2. The molecule has 3 rings (SSSR count). The number of aromatic nitrogens is 2. The molecule has 1 heterocycles. The maximum atomic E-state index is 12.7. The van der Waals surface area contributed by atoms with Crippen LogP contribution in [0.25, 0.3) is 0 Å². The second-order valence-electron chi connectivity index (χ2n) is 6.65. The zero-order chi connectivity index (χ0) is 20.1. The smallest absolute Gasteiger partial charge is 0.251 e. The zero-order valence-corrected chi connectivity index (χ0v) is 16.5. The van der Waals surface area contributed by atoms with Crippen molar-refractivity contribution in [3.8, 4) is 5.75 Å². The Bertz CT molecular complexity index is 950. The van der Waals surface area contributed by atoms with E-state index in [-0.39, 0.29) is 11.9 Å². The molecule has 1 aromatic heterocycles. The Morgan fingerprint density at radius 2 is 1.68 bits per heavy atom. The molecule has 0 aliphatic rings. The lowest BCUT2D eigenvalue weighted by Crippen LogP contribution is -2.26. The normalized spacial score (nSPS) is 11.6. The van der Waals surface area contributed by atoms with Crippen molar-refractivity contribution in [2.75, 3.05) is 12.4 Å². The van der Waals surface area contributed by atoms with E-state index < -0.39 is 0 Å². The molecule has 144 valence electrons. The van der Waals surface area contributed by atoms with E-state index in [9.17, 15) is 4.79 Å². The molecule has 0 aliphatic heterocycles. The molecule has 0 radical (unpaired) electrons. The van der Waals surface area contributed by atoms with Gasteiger partial charge in [-0.1, -0.05) is 18.2 Å². The molecule has 0 aliphatic carbocycles. The molecule has 28 heavy (non-hydrogen) atoms. The average Bonchev–Trinajstić information content (AvgIpc) is 2.67. The summed E-state index contributed by atoms with van der Waals surface area (Å²) in [6.45, 7) is 5.79. The van der Waals surface area contributed by atoms with Crippen molar-refractivity contribution in [2.45, 2.75) is 26.8 Å². The molecule has 2 N–H and O–H groups in total. The zero-order valence-electron chi connectivity index (χ0n) is 16.5. The molecular weight excluding hydrogens is 352 g/mol. The van der Waals surface area contributed by atoms with Crippen molar-refractivity contribution in [2.24, 2.45) is 0 Å². The number of benzene rings is 2. The number of rotatable bonds is 6. The fourth-order valence-corrected chi connectivity index (χ4v) is 2.91. The van der Waals surface area contributed by atoms with Crippen molar-refractivity contribution in [1.82, 2.24) is 15.3 Å². The molecule has 0 fully saturated rings. The van der Waals surface area contributed by atoms with Gasteiger partial charge in [0, 0.05) is 22.6 Å². The summed E-state index contributed by atoms with van der Waals surface area (Å²) >= 11 is 0. The molecule has 6 heteroatoms. The van der Waals surface area contributed by atoms with Crippen molar-refractivity contribution in [3.05, 3.63) is 77.1 Å². The van der Waals surface area contributed by atoms with Gasteiger partial charge in [-0.3, -0.25) is 4.79 Å². The third kappa shape index (κ3) is 4.85. The number of hydrogen-bond acceptors (Lipinski definition) is 5. The minimum absolute atomic E-state index is 0.127. The second-order valence-corrected chi connectivity index (χ2v) is 6.65. The highest BCUT2D eigenvalue weighted by Gasteiger charge is 2.12. The van der Waals surface area contributed by atoms with Gasteiger partial charge in [-0.15, -0.1) is 0 Å². The number of nitrogens with one attached hydrogen (secondary N) is 2. The molecule has 1 atom stereocenters. The SMILES string of the molecule is COc1ccc([C@@H](C)NC(=O)c2cccc(Nc3nc(C)cc(C)n3)c2)cc1. The van der Waals surface area contributed by atoms with Crippen LogP contribution in [0.2, 0.25) is 0 Å². The van der Waals surface area contributed by atoms with Crippen LogP contribution in [-0.4, -0.2) is 23.0 Å². The summed E-state index contributed by atoms with van der Waals surface area (Å²) in [5.74, 6) is 1.16. The Kier molecular flexibility index (Phi) is 5.89. The van der Waals surface area contributed by atoms with Crippen LogP contribution in [-0.2, 0) is 0 Å². The maximum Gasteiger partial charge on any atom is 0.251 e. The van der Waals surface area contributed by atoms with Crippen LogP contribution in [0.5, 0.6) is 5.75 Å². The van der Waals surface area contributed by atoms with Crippen LogP contribution in [0, 0.1) is 13.8 Å². The van der Waals surface area contributed by atoms with Crippen molar-refractivity contribution >= 4 is 17.5 Å². The maximum absolute atomic E-state index is 12.7. The number of carbonyl (C=O) groups is 1. The van der Waals surface area contributed by atoms with Crippen LogP contribution in [0.15, 0.2) is 54.6 Å². The topological polar surface area (TPSA) is 76.1 Å². The van der Waals surface area contributed by atoms with Crippen molar-refractivity contribution < 1.29 is 9.53 Å². The van der Waals surface area contributed by atoms with E-state index in [0.717, 1.165) is 28.4 Å². The lowest BCUT2D eigenvalue weighted by atomic mass is 10.1. The fourth-order valence-electron chi connectivity index (χ4n) is 2.91. The van der Waals surface area contributed by atoms with Gasteiger partial charge in [-0.05, 0) is 62.7 Å². The first-order valence-corrected chi connectivity index (χ1v) is 9.09. The van der Waals surface area contributed by atoms with Gasteiger partial charge < -0.3 is 15.4 Å². The molecule has 1 amide bonds. The number of amides is 1. The van der Waals surface area contributed by atoms with Crippen molar-refractivity contribution in [1.29, 1.82) is 0 Å². The highest BCUT2D eigenvalue weighted by molar-refractivity contribution is 5.95. The number of carbonyl (C=O) groups excluding carboxylic acids is 1.